The quantitative estimate of drug-likeness (QED) is 0.893. The molecule has 0 radical (unpaired) electrons. The number of carbonyl (C=O) groups is 1. The molecule has 1 saturated heterocycles. The summed E-state index contributed by atoms with van der Waals surface area (Å²) in [6.07, 6.45) is 0.618. The smallest absolute Gasteiger partial charge is 0.330 e. The minimum atomic E-state index is -0.884. The van der Waals surface area contributed by atoms with Crippen LogP contribution in [0.15, 0.2) is 28.7 Å². The number of aliphatic carboxylic acids is 1. The molecule has 1 aliphatic rings. The van der Waals surface area contributed by atoms with Crippen molar-refractivity contribution < 1.29 is 9.90 Å². The molecular formula is C14H19BrN2O2. The Balaban J connectivity index is 2.20. The zero-order chi connectivity index (χ0) is 14.0. The molecule has 104 valence electrons. The number of halogens is 1. The number of hydrogen-bond acceptors (Lipinski definition) is 3. The van der Waals surface area contributed by atoms with E-state index in [9.17, 15) is 9.90 Å². The highest BCUT2D eigenvalue weighted by atomic mass is 79.9. The summed E-state index contributed by atoms with van der Waals surface area (Å²) in [7, 11) is 0. The molecule has 0 spiro atoms. The van der Waals surface area contributed by atoms with E-state index in [2.05, 4.69) is 40.0 Å². The third kappa shape index (κ3) is 3.09. The number of carboxylic acids is 1. The first kappa shape index (κ1) is 14.3. The van der Waals surface area contributed by atoms with E-state index in [4.69, 9.17) is 0 Å². The lowest BCUT2D eigenvalue weighted by Crippen LogP contribution is -2.49. The largest absolute Gasteiger partial charge is 0.479 e. The Morgan fingerprint density at radius 1 is 1.53 bits per heavy atom. The first-order valence-corrected chi connectivity index (χ1v) is 7.23. The van der Waals surface area contributed by atoms with Crippen molar-refractivity contribution in [1.29, 1.82) is 0 Å². The van der Waals surface area contributed by atoms with Gasteiger partial charge in [0.15, 0.2) is 0 Å². The molecule has 0 aliphatic carbocycles. The van der Waals surface area contributed by atoms with Gasteiger partial charge in [0.05, 0.1) is 0 Å². The molecule has 1 aromatic rings. The van der Waals surface area contributed by atoms with Crippen LogP contribution in [-0.4, -0.2) is 40.6 Å². The maximum Gasteiger partial charge on any atom is 0.330 e. The maximum absolute atomic E-state index is 11.7. The van der Waals surface area contributed by atoms with Crippen LogP contribution < -0.4 is 5.32 Å². The molecule has 19 heavy (non-hydrogen) atoms. The van der Waals surface area contributed by atoms with Gasteiger partial charge in [0.25, 0.3) is 0 Å². The van der Waals surface area contributed by atoms with E-state index in [1.807, 2.05) is 24.3 Å². The van der Waals surface area contributed by atoms with Crippen molar-refractivity contribution in [2.75, 3.05) is 18.4 Å². The fourth-order valence-electron chi connectivity index (χ4n) is 2.45. The zero-order valence-electron chi connectivity index (χ0n) is 11.2. The zero-order valence-corrected chi connectivity index (χ0v) is 12.8. The number of hydrogen-bond donors (Lipinski definition) is 2. The molecule has 5 heteroatoms. The van der Waals surface area contributed by atoms with E-state index < -0.39 is 11.5 Å². The lowest BCUT2D eigenvalue weighted by atomic mass is 9.98. The van der Waals surface area contributed by atoms with E-state index in [1.54, 1.807) is 0 Å². The Bertz CT molecular complexity index is 478. The number of nitrogens with zero attached hydrogens (tertiary/aromatic N) is 1. The van der Waals surface area contributed by atoms with Crippen molar-refractivity contribution in [3.8, 4) is 0 Å². The van der Waals surface area contributed by atoms with Crippen LogP contribution in [0.5, 0.6) is 0 Å². The van der Waals surface area contributed by atoms with Gasteiger partial charge in [-0.3, -0.25) is 4.90 Å². The molecule has 0 amide bonds. The number of nitrogens with one attached hydrogen (secondary N) is 1. The van der Waals surface area contributed by atoms with Crippen LogP contribution in [0.1, 0.15) is 20.3 Å². The fourth-order valence-corrected chi connectivity index (χ4v) is 2.85. The van der Waals surface area contributed by atoms with Crippen molar-refractivity contribution in [2.24, 2.45) is 0 Å². The third-order valence-corrected chi connectivity index (χ3v) is 4.14. The van der Waals surface area contributed by atoms with Gasteiger partial charge >= 0.3 is 5.97 Å². The van der Waals surface area contributed by atoms with Crippen molar-refractivity contribution >= 4 is 27.6 Å². The van der Waals surface area contributed by atoms with Crippen molar-refractivity contribution in [1.82, 2.24) is 4.90 Å². The average molecular weight is 327 g/mol. The van der Waals surface area contributed by atoms with E-state index in [-0.39, 0.29) is 0 Å². The van der Waals surface area contributed by atoms with Crippen LogP contribution in [0, 0.1) is 0 Å². The summed E-state index contributed by atoms with van der Waals surface area (Å²) in [5.41, 5.74) is -0.0483. The summed E-state index contributed by atoms with van der Waals surface area (Å²) in [4.78, 5) is 13.9. The minimum Gasteiger partial charge on any atom is -0.479 e. The molecule has 1 unspecified atom stereocenters. The van der Waals surface area contributed by atoms with E-state index in [0.29, 0.717) is 19.0 Å². The van der Waals surface area contributed by atoms with Crippen molar-refractivity contribution in [2.45, 2.75) is 31.8 Å². The lowest BCUT2D eigenvalue weighted by Gasteiger charge is -2.28. The molecule has 1 aromatic carbocycles. The molecular weight excluding hydrogens is 308 g/mol. The van der Waals surface area contributed by atoms with Crippen LogP contribution in [0.3, 0.4) is 0 Å². The first-order valence-electron chi connectivity index (χ1n) is 6.44. The number of rotatable bonds is 4. The first-order chi connectivity index (χ1) is 8.93. The number of likely N-dealkylation sites (tertiary alicyclic amines) is 1. The Morgan fingerprint density at radius 3 is 2.79 bits per heavy atom. The van der Waals surface area contributed by atoms with E-state index >= 15 is 0 Å². The predicted octanol–water partition coefficient (Wildman–Crippen LogP) is 2.80. The fraction of sp³-hybridized carbons (Fsp3) is 0.500. The second-order valence-electron chi connectivity index (χ2n) is 5.34. The monoisotopic (exact) mass is 326 g/mol. The summed E-state index contributed by atoms with van der Waals surface area (Å²) in [6.45, 7) is 5.53. The summed E-state index contributed by atoms with van der Waals surface area (Å²) < 4.78 is 0.941. The van der Waals surface area contributed by atoms with Gasteiger partial charge in [-0.25, -0.2) is 4.79 Å². The number of anilines is 1. The van der Waals surface area contributed by atoms with Gasteiger partial charge in [-0.15, -0.1) is 0 Å². The Hall–Kier alpha value is -1.07. The minimum absolute atomic E-state index is 0.366. The molecule has 1 atom stereocenters. The highest BCUT2D eigenvalue weighted by Gasteiger charge is 2.45. The SMILES string of the molecule is CC(C)N1CCC(Nc2cccc(Br)c2)(C(=O)O)C1. The summed E-state index contributed by atoms with van der Waals surface area (Å²) >= 11 is 3.40. The summed E-state index contributed by atoms with van der Waals surface area (Å²) in [5, 5.41) is 12.8. The molecule has 4 nitrogen and oxygen atoms in total. The highest BCUT2D eigenvalue weighted by molar-refractivity contribution is 9.10. The van der Waals surface area contributed by atoms with Gasteiger partial charge in [0, 0.05) is 29.3 Å². The molecule has 2 rings (SSSR count). The van der Waals surface area contributed by atoms with Gasteiger partial charge in [0.2, 0.25) is 0 Å². The second kappa shape index (κ2) is 5.51. The molecule has 0 bridgehead atoms. The van der Waals surface area contributed by atoms with Gasteiger partial charge in [-0.1, -0.05) is 22.0 Å². The normalized spacial score (nSPS) is 23.8. The van der Waals surface area contributed by atoms with Gasteiger partial charge in [-0.05, 0) is 38.5 Å². The average Bonchev–Trinajstić information content (AvgIpc) is 2.75. The van der Waals surface area contributed by atoms with Crippen molar-refractivity contribution in [3.05, 3.63) is 28.7 Å². The van der Waals surface area contributed by atoms with Crippen LogP contribution >= 0.6 is 15.9 Å². The third-order valence-electron chi connectivity index (χ3n) is 3.65. The van der Waals surface area contributed by atoms with E-state index in [0.717, 1.165) is 16.7 Å². The van der Waals surface area contributed by atoms with Crippen LogP contribution in [-0.2, 0) is 4.79 Å². The highest BCUT2D eigenvalue weighted by Crippen LogP contribution is 2.29. The Kier molecular flexibility index (Phi) is 4.16. The van der Waals surface area contributed by atoms with Crippen LogP contribution in [0.2, 0.25) is 0 Å². The molecule has 1 heterocycles. The number of carboxylic acid groups (broad SMARTS) is 1. The second-order valence-corrected chi connectivity index (χ2v) is 6.25. The van der Waals surface area contributed by atoms with Crippen molar-refractivity contribution in [3.63, 3.8) is 0 Å². The standard InChI is InChI=1S/C14H19BrN2O2/c1-10(2)17-7-6-14(9-17,13(18)19)16-12-5-3-4-11(15)8-12/h3-5,8,10,16H,6-7,9H2,1-2H3,(H,18,19). The van der Waals surface area contributed by atoms with Crippen LogP contribution in [0.4, 0.5) is 5.69 Å². The number of benzene rings is 1. The van der Waals surface area contributed by atoms with E-state index in [1.165, 1.54) is 0 Å². The molecule has 1 fully saturated rings. The lowest BCUT2D eigenvalue weighted by molar-refractivity contribution is -0.141. The Morgan fingerprint density at radius 2 is 2.26 bits per heavy atom. The molecule has 0 saturated carbocycles. The van der Waals surface area contributed by atoms with Gasteiger partial charge < -0.3 is 10.4 Å². The van der Waals surface area contributed by atoms with Gasteiger partial charge in [-0.2, -0.15) is 0 Å². The Labute approximate surface area is 121 Å². The molecule has 1 aliphatic heterocycles. The predicted molar refractivity (Wildman–Crippen MR) is 79.5 cm³/mol. The summed E-state index contributed by atoms with van der Waals surface area (Å²) in [6, 6.07) is 7.99. The van der Waals surface area contributed by atoms with Gasteiger partial charge in [0.1, 0.15) is 5.54 Å². The van der Waals surface area contributed by atoms with Crippen LogP contribution in [0.25, 0.3) is 0 Å². The topological polar surface area (TPSA) is 52.6 Å². The molecule has 2 N–H and O–H groups in total. The molecule has 0 aromatic heterocycles. The maximum atomic E-state index is 11.7. The summed E-state index contributed by atoms with van der Waals surface area (Å²) in [5.74, 6) is -0.782.